The highest BCUT2D eigenvalue weighted by Crippen LogP contribution is 2.30. The second-order valence-electron chi connectivity index (χ2n) is 7.06. The van der Waals surface area contributed by atoms with E-state index in [1.165, 1.54) is 7.11 Å². The molecule has 0 bridgehead atoms. The molecule has 0 saturated heterocycles. The molecule has 8 radical (unpaired) electrons. The summed E-state index contributed by atoms with van der Waals surface area (Å²) >= 11 is 0. The van der Waals surface area contributed by atoms with Gasteiger partial charge in [0.05, 0.1) is 7.11 Å². The third-order valence-corrected chi connectivity index (χ3v) is 5.12. The Morgan fingerprint density at radius 1 is 0.875 bits per heavy atom. The van der Waals surface area contributed by atoms with Gasteiger partial charge in [0.25, 0.3) is 11.8 Å². The van der Waals surface area contributed by atoms with Crippen molar-refractivity contribution in [3.8, 4) is 11.1 Å². The first kappa shape index (κ1) is 23.8. The molecule has 0 aromatic heterocycles. The zero-order chi connectivity index (χ0) is 23.7. The zero-order valence-electron chi connectivity index (χ0n) is 16.9. The third kappa shape index (κ3) is 4.24. The van der Waals surface area contributed by atoms with Gasteiger partial charge in [-0.3, -0.25) is 14.4 Å². The molecule has 1 aliphatic rings. The van der Waals surface area contributed by atoms with E-state index in [9.17, 15) is 22.8 Å². The van der Waals surface area contributed by atoms with Gasteiger partial charge in [-0.25, -0.2) is 18.7 Å². The molecule has 32 heavy (non-hydrogen) atoms. The molecule has 12 heteroatoms. The van der Waals surface area contributed by atoms with E-state index in [0.29, 0.717) is 12.8 Å². The summed E-state index contributed by atoms with van der Waals surface area (Å²) in [6.45, 7) is 0. The molecule has 0 spiro atoms. The van der Waals surface area contributed by atoms with Gasteiger partial charge in [-0.1, -0.05) is 16.4 Å². The first-order valence-corrected chi connectivity index (χ1v) is 9.35. The molecule has 154 valence electrons. The van der Waals surface area contributed by atoms with Crippen LogP contribution in [0, 0.1) is 17.5 Å². The molecule has 2 amide bonds. The topological polar surface area (TPSA) is 67.4 Å². The van der Waals surface area contributed by atoms with Crippen LogP contribution in [0.15, 0.2) is 23.3 Å². The monoisotopic (exact) mass is 430 g/mol. The minimum atomic E-state index is -1.18. The number of rotatable bonds is 5. The van der Waals surface area contributed by atoms with Crippen molar-refractivity contribution in [1.29, 1.82) is 0 Å². The summed E-state index contributed by atoms with van der Waals surface area (Å²) in [5.41, 5.74) is -0.423. The highest BCUT2D eigenvalue weighted by molar-refractivity contribution is 6.61. The lowest BCUT2D eigenvalue weighted by Gasteiger charge is -2.19. The number of amides is 2. The van der Waals surface area contributed by atoms with E-state index in [2.05, 4.69) is 15.6 Å². The van der Waals surface area contributed by atoms with Gasteiger partial charge in [0.15, 0.2) is 0 Å². The Kier molecular flexibility index (Phi) is 6.93. The van der Waals surface area contributed by atoms with Crippen molar-refractivity contribution in [3.05, 3.63) is 40.7 Å². The summed E-state index contributed by atoms with van der Waals surface area (Å²) in [6, 6.07) is 1.63. The fourth-order valence-electron chi connectivity index (χ4n) is 3.53. The number of hydrogen-bond acceptors (Lipinski definition) is 3. The van der Waals surface area contributed by atoms with Crippen LogP contribution >= 0.6 is 0 Å². The molecule has 3 rings (SSSR count). The van der Waals surface area contributed by atoms with Crippen molar-refractivity contribution < 1.29 is 27.6 Å². The third-order valence-electron chi connectivity index (χ3n) is 5.12. The molecule has 0 unspecified atom stereocenters. The summed E-state index contributed by atoms with van der Waals surface area (Å²) in [7, 11) is 23.9. The minimum absolute atomic E-state index is 0.0873. The van der Waals surface area contributed by atoms with Crippen LogP contribution in [0.25, 0.3) is 11.1 Å². The van der Waals surface area contributed by atoms with Crippen molar-refractivity contribution in [2.45, 2.75) is 19.3 Å². The van der Waals surface area contributed by atoms with Crippen LogP contribution in [-0.4, -0.2) is 50.3 Å². The van der Waals surface area contributed by atoms with Crippen LogP contribution in [0.2, 0.25) is 0 Å². The van der Waals surface area contributed by atoms with E-state index >= 15 is 0 Å². The number of benzene rings is 2. The number of carbonyl (C=O) groups excluding carboxylic acids is 2. The molecular weight excluding hydrogens is 416 g/mol. The SMILES string of the molecule is [B]c1c([B])c(F)c([B])c(-c2cc(F)c(NC(=O)C3=C(C(=O)NOC)CCC3)c(F)c2)c1[B]. The summed E-state index contributed by atoms with van der Waals surface area (Å²) in [5.74, 6) is -4.87. The predicted molar refractivity (Wildman–Crippen MR) is 118 cm³/mol. The maximum Gasteiger partial charge on any atom is 0.271 e. The fourth-order valence-corrected chi connectivity index (χ4v) is 3.53. The quantitative estimate of drug-likeness (QED) is 0.476. The molecule has 2 N–H and O–H groups in total. The molecule has 0 aliphatic heterocycles. The summed E-state index contributed by atoms with van der Waals surface area (Å²) in [4.78, 5) is 29.1. The van der Waals surface area contributed by atoms with E-state index in [1.54, 1.807) is 0 Å². The number of hydroxylamine groups is 1. The van der Waals surface area contributed by atoms with E-state index in [1.807, 2.05) is 0 Å². The lowest BCUT2D eigenvalue weighted by molar-refractivity contribution is -0.127. The van der Waals surface area contributed by atoms with E-state index in [4.69, 9.17) is 31.4 Å². The molecule has 0 atom stereocenters. The Hall–Kier alpha value is -2.87. The summed E-state index contributed by atoms with van der Waals surface area (Å²) in [6.07, 6.45) is 1.07. The summed E-state index contributed by atoms with van der Waals surface area (Å²) in [5, 5.41) is 2.14. The number of carbonyl (C=O) groups is 2. The lowest BCUT2D eigenvalue weighted by Crippen LogP contribution is -2.47. The van der Waals surface area contributed by atoms with Gasteiger partial charge >= 0.3 is 0 Å². The molecule has 0 heterocycles. The first-order chi connectivity index (χ1) is 15.1. The van der Waals surface area contributed by atoms with Gasteiger partial charge in [0.2, 0.25) is 0 Å². The smallest absolute Gasteiger partial charge is 0.271 e. The van der Waals surface area contributed by atoms with E-state index < -0.39 is 45.9 Å². The second-order valence-corrected chi connectivity index (χ2v) is 7.06. The largest absolute Gasteiger partial charge is 0.317 e. The van der Waals surface area contributed by atoms with Crippen molar-refractivity contribution in [2.75, 3.05) is 12.4 Å². The molecule has 5 nitrogen and oxygen atoms in total. The molecule has 1 aliphatic carbocycles. The highest BCUT2D eigenvalue weighted by atomic mass is 19.1. The van der Waals surface area contributed by atoms with Crippen LogP contribution in [0.5, 0.6) is 0 Å². The maximum absolute atomic E-state index is 14.8. The normalized spacial score (nSPS) is 13.4. The van der Waals surface area contributed by atoms with Gasteiger partial charge in [0, 0.05) is 11.1 Å². The second kappa shape index (κ2) is 9.32. The standard InChI is InChI=1S/C20H13B4F3N2O3/c1-32-29-20(31)9-4-2-3-8(9)19(30)28-18-10(25)5-7(6-11(18)26)12-13(21)15(23)16(24)17(27)14(12)22/h5-6H,2-4H2,1H3,(H,28,30)(H,29,31). The van der Waals surface area contributed by atoms with Crippen molar-refractivity contribution >= 4 is 70.7 Å². The first-order valence-electron chi connectivity index (χ1n) is 9.35. The highest BCUT2D eigenvalue weighted by Gasteiger charge is 2.27. The molecule has 2 aromatic carbocycles. The molecular formula is C20H13B4F3N2O3. The Morgan fingerprint density at radius 2 is 1.44 bits per heavy atom. The van der Waals surface area contributed by atoms with Crippen LogP contribution in [0.4, 0.5) is 18.9 Å². The minimum Gasteiger partial charge on any atom is -0.317 e. The van der Waals surface area contributed by atoms with Crippen molar-refractivity contribution in [3.63, 3.8) is 0 Å². The van der Waals surface area contributed by atoms with Gasteiger partial charge in [-0.2, -0.15) is 0 Å². The van der Waals surface area contributed by atoms with Crippen LogP contribution in [-0.2, 0) is 14.4 Å². The van der Waals surface area contributed by atoms with Gasteiger partial charge in [0.1, 0.15) is 54.5 Å². The van der Waals surface area contributed by atoms with Gasteiger partial charge < -0.3 is 5.32 Å². The fraction of sp³-hybridized carbons (Fsp3) is 0.200. The molecule has 0 saturated carbocycles. The van der Waals surface area contributed by atoms with Crippen LogP contribution in [0.3, 0.4) is 0 Å². The van der Waals surface area contributed by atoms with Crippen LogP contribution < -0.4 is 32.6 Å². The number of halogens is 3. The number of nitrogens with one attached hydrogen (secondary N) is 2. The summed E-state index contributed by atoms with van der Waals surface area (Å²) < 4.78 is 43.7. The van der Waals surface area contributed by atoms with E-state index in [-0.39, 0.29) is 39.6 Å². The van der Waals surface area contributed by atoms with Crippen molar-refractivity contribution in [2.24, 2.45) is 0 Å². The number of hydrogen-bond donors (Lipinski definition) is 2. The zero-order valence-corrected chi connectivity index (χ0v) is 16.9. The molecule has 0 fully saturated rings. The Bertz CT molecular complexity index is 1120. The maximum atomic E-state index is 14.8. The average molecular weight is 430 g/mol. The predicted octanol–water partition coefficient (Wildman–Crippen LogP) is -0.957. The number of anilines is 1. The Morgan fingerprint density at radius 3 is 2.00 bits per heavy atom. The lowest BCUT2D eigenvalue weighted by atomic mass is 9.65. The molecule has 2 aromatic rings. The van der Waals surface area contributed by atoms with Crippen LogP contribution in [0.1, 0.15) is 19.3 Å². The van der Waals surface area contributed by atoms with Gasteiger partial charge in [-0.15, -0.1) is 5.46 Å². The average Bonchev–Trinajstić information content (AvgIpc) is 3.24. The van der Waals surface area contributed by atoms with E-state index in [0.717, 1.165) is 12.1 Å². The Labute approximate surface area is 187 Å². The Balaban J connectivity index is 1.99. The van der Waals surface area contributed by atoms with Crippen molar-refractivity contribution in [1.82, 2.24) is 5.48 Å². The van der Waals surface area contributed by atoms with Gasteiger partial charge in [-0.05, 0) is 42.5 Å².